The lowest BCUT2D eigenvalue weighted by Gasteiger charge is -2.44. The fraction of sp³-hybridized carbons (Fsp3) is 0.429. The highest BCUT2D eigenvalue weighted by Gasteiger charge is 2.44. The standard InChI is InChI=1S/C14H17NO3S/c1-10-13(17)15(14(10)19-2)8-12(16)18-9-11-6-4-3-5-7-11/h3-7,10,14H,8-9H2,1-2H3. The van der Waals surface area contributed by atoms with Crippen molar-refractivity contribution in [2.24, 2.45) is 5.92 Å². The van der Waals surface area contributed by atoms with Crippen LogP contribution in [0.5, 0.6) is 0 Å². The molecule has 2 atom stereocenters. The minimum atomic E-state index is -0.358. The molecule has 5 heteroatoms. The maximum Gasteiger partial charge on any atom is 0.326 e. The van der Waals surface area contributed by atoms with Gasteiger partial charge in [0.25, 0.3) is 0 Å². The van der Waals surface area contributed by atoms with E-state index in [1.807, 2.05) is 43.5 Å². The number of esters is 1. The van der Waals surface area contributed by atoms with Crippen LogP contribution < -0.4 is 0 Å². The Hall–Kier alpha value is -1.49. The van der Waals surface area contributed by atoms with E-state index in [0.29, 0.717) is 0 Å². The van der Waals surface area contributed by atoms with Gasteiger partial charge in [0.05, 0.1) is 11.3 Å². The molecule has 102 valence electrons. The van der Waals surface area contributed by atoms with Gasteiger partial charge in [0.2, 0.25) is 5.91 Å². The molecule has 0 spiro atoms. The molecule has 1 aliphatic rings. The summed E-state index contributed by atoms with van der Waals surface area (Å²) in [6.07, 6.45) is 1.94. The average molecular weight is 279 g/mol. The molecule has 0 bridgehead atoms. The SMILES string of the molecule is CSC1C(C)C(=O)N1CC(=O)OCc1ccccc1. The second kappa shape index (κ2) is 6.10. The number of likely N-dealkylation sites (tertiary alicyclic amines) is 1. The molecule has 1 aliphatic heterocycles. The summed E-state index contributed by atoms with van der Waals surface area (Å²) in [6.45, 7) is 2.18. The molecule has 0 radical (unpaired) electrons. The van der Waals surface area contributed by atoms with Crippen LogP contribution in [0.2, 0.25) is 0 Å². The monoisotopic (exact) mass is 279 g/mol. The zero-order valence-electron chi connectivity index (χ0n) is 11.0. The van der Waals surface area contributed by atoms with Gasteiger partial charge in [-0.25, -0.2) is 0 Å². The lowest BCUT2D eigenvalue weighted by Crippen LogP contribution is -2.59. The molecule has 2 rings (SSSR count). The first-order chi connectivity index (χ1) is 9.13. The van der Waals surface area contributed by atoms with E-state index in [1.54, 1.807) is 16.7 Å². The number of amides is 1. The van der Waals surface area contributed by atoms with Crippen molar-refractivity contribution in [3.8, 4) is 0 Å². The Bertz CT molecular complexity index is 463. The van der Waals surface area contributed by atoms with Gasteiger partial charge in [-0.1, -0.05) is 37.3 Å². The lowest BCUT2D eigenvalue weighted by molar-refractivity contribution is -0.159. The van der Waals surface area contributed by atoms with Crippen LogP contribution in [0.4, 0.5) is 0 Å². The third-order valence-electron chi connectivity index (χ3n) is 3.19. The van der Waals surface area contributed by atoms with E-state index in [1.165, 1.54) is 0 Å². The number of ether oxygens (including phenoxy) is 1. The first-order valence-corrected chi connectivity index (χ1v) is 7.45. The van der Waals surface area contributed by atoms with E-state index in [4.69, 9.17) is 4.74 Å². The second-order valence-electron chi connectivity index (χ2n) is 4.53. The maximum atomic E-state index is 11.7. The quantitative estimate of drug-likeness (QED) is 0.610. The normalized spacial score (nSPS) is 22.0. The van der Waals surface area contributed by atoms with Crippen molar-refractivity contribution in [1.29, 1.82) is 0 Å². The largest absolute Gasteiger partial charge is 0.459 e. The summed E-state index contributed by atoms with van der Waals surface area (Å²) < 4.78 is 5.17. The van der Waals surface area contributed by atoms with Crippen LogP contribution in [0.3, 0.4) is 0 Å². The van der Waals surface area contributed by atoms with Crippen molar-refractivity contribution in [2.75, 3.05) is 12.8 Å². The van der Waals surface area contributed by atoms with E-state index in [2.05, 4.69) is 0 Å². The van der Waals surface area contributed by atoms with Crippen molar-refractivity contribution in [2.45, 2.75) is 18.9 Å². The highest BCUT2D eigenvalue weighted by Crippen LogP contribution is 2.32. The highest BCUT2D eigenvalue weighted by molar-refractivity contribution is 7.99. The fourth-order valence-corrected chi connectivity index (χ4v) is 3.08. The molecule has 1 aromatic rings. The van der Waals surface area contributed by atoms with Crippen LogP contribution in [0, 0.1) is 5.92 Å². The van der Waals surface area contributed by atoms with E-state index in [-0.39, 0.29) is 36.3 Å². The van der Waals surface area contributed by atoms with Gasteiger partial charge in [0.15, 0.2) is 0 Å². The number of nitrogens with zero attached hydrogens (tertiary/aromatic N) is 1. The number of carbonyl (C=O) groups is 2. The van der Waals surface area contributed by atoms with Crippen LogP contribution in [0.1, 0.15) is 12.5 Å². The zero-order valence-corrected chi connectivity index (χ0v) is 11.9. The Morgan fingerprint density at radius 1 is 1.37 bits per heavy atom. The first kappa shape index (κ1) is 13.9. The van der Waals surface area contributed by atoms with Crippen molar-refractivity contribution in [3.05, 3.63) is 35.9 Å². The van der Waals surface area contributed by atoms with E-state index >= 15 is 0 Å². The Labute approximate surface area is 117 Å². The predicted octanol–water partition coefficient (Wildman–Crippen LogP) is 1.90. The molecule has 19 heavy (non-hydrogen) atoms. The lowest BCUT2D eigenvalue weighted by atomic mass is 10.0. The summed E-state index contributed by atoms with van der Waals surface area (Å²) in [4.78, 5) is 24.9. The Morgan fingerprint density at radius 3 is 2.68 bits per heavy atom. The third-order valence-corrected chi connectivity index (χ3v) is 4.34. The molecule has 1 heterocycles. The van der Waals surface area contributed by atoms with Crippen LogP contribution in [0.15, 0.2) is 30.3 Å². The van der Waals surface area contributed by atoms with Gasteiger partial charge in [0, 0.05) is 0 Å². The summed E-state index contributed by atoms with van der Waals surface area (Å²) >= 11 is 1.59. The average Bonchev–Trinajstić information content (AvgIpc) is 2.45. The summed E-state index contributed by atoms with van der Waals surface area (Å²) in [7, 11) is 0. The number of β-lactam (4-membered cyclic amide) rings is 1. The minimum absolute atomic E-state index is 0.00285. The van der Waals surface area contributed by atoms with Crippen LogP contribution in [-0.2, 0) is 20.9 Å². The van der Waals surface area contributed by atoms with Gasteiger partial charge < -0.3 is 9.64 Å². The molecule has 4 nitrogen and oxygen atoms in total. The van der Waals surface area contributed by atoms with Gasteiger partial charge in [0.1, 0.15) is 13.2 Å². The van der Waals surface area contributed by atoms with Gasteiger partial charge in [-0.2, -0.15) is 0 Å². The van der Waals surface area contributed by atoms with Crippen molar-refractivity contribution < 1.29 is 14.3 Å². The molecular formula is C14H17NO3S. The summed E-state index contributed by atoms with van der Waals surface area (Å²) in [5, 5.41) is 0.0942. The molecule has 2 unspecified atom stereocenters. The van der Waals surface area contributed by atoms with Gasteiger partial charge in [-0.15, -0.1) is 11.8 Å². The Morgan fingerprint density at radius 2 is 2.05 bits per heavy atom. The van der Waals surface area contributed by atoms with E-state index < -0.39 is 0 Å². The summed E-state index contributed by atoms with van der Waals surface area (Å²) in [6, 6.07) is 9.50. The number of carbonyl (C=O) groups excluding carboxylic acids is 2. The first-order valence-electron chi connectivity index (χ1n) is 6.16. The van der Waals surface area contributed by atoms with Gasteiger partial charge >= 0.3 is 5.97 Å². The van der Waals surface area contributed by atoms with Gasteiger partial charge in [-0.05, 0) is 11.8 Å². The van der Waals surface area contributed by atoms with Crippen molar-refractivity contribution in [1.82, 2.24) is 4.90 Å². The number of benzene rings is 1. The molecule has 0 N–H and O–H groups in total. The summed E-state index contributed by atoms with van der Waals surface area (Å²) in [5.74, 6) is -0.337. The Balaban J connectivity index is 1.80. The predicted molar refractivity (Wildman–Crippen MR) is 74.4 cm³/mol. The Kier molecular flexibility index (Phi) is 4.47. The fourth-order valence-electron chi connectivity index (χ4n) is 2.12. The van der Waals surface area contributed by atoms with Crippen molar-refractivity contribution >= 4 is 23.6 Å². The molecule has 0 saturated carbocycles. The zero-order chi connectivity index (χ0) is 13.8. The smallest absolute Gasteiger partial charge is 0.326 e. The minimum Gasteiger partial charge on any atom is -0.459 e. The van der Waals surface area contributed by atoms with E-state index in [0.717, 1.165) is 5.56 Å². The highest BCUT2D eigenvalue weighted by atomic mass is 32.2. The molecule has 0 aromatic heterocycles. The molecule has 1 amide bonds. The number of rotatable bonds is 5. The third kappa shape index (κ3) is 3.10. The molecule has 1 aromatic carbocycles. The second-order valence-corrected chi connectivity index (χ2v) is 5.48. The van der Waals surface area contributed by atoms with Crippen LogP contribution in [-0.4, -0.2) is 35.0 Å². The number of thioether (sulfide) groups is 1. The van der Waals surface area contributed by atoms with Crippen LogP contribution >= 0.6 is 11.8 Å². The van der Waals surface area contributed by atoms with Crippen LogP contribution in [0.25, 0.3) is 0 Å². The van der Waals surface area contributed by atoms with E-state index in [9.17, 15) is 9.59 Å². The molecule has 1 fully saturated rings. The maximum absolute atomic E-state index is 11.7. The molecular weight excluding hydrogens is 262 g/mol. The van der Waals surface area contributed by atoms with Gasteiger partial charge in [-0.3, -0.25) is 9.59 Å². The molecule has 0 aliphatic carbocycles. The summed E-state index contributed by atoms with van der Waals surface area (Å²) in [5.41, 5.74) is 0.945. The molecule has 1 saturated heterocycles. The topological polar surface area (TPSA) is 46.6 Å². The number of hydrogen-bond donors (Lipinski definition) is 0. The number of hydrogen-bond acceptors (Lipinski definition) is 4. The van der Waals surface area contributed by atoms with Crippen molar-refractivity contribution in [3.63, 3.8) is 0 Å².